The number of rotatable bonds is 6. The smallest absolute Gasteiger partial charge is 0.315 e. The highest BCUT2D eigenvalue weighted by atomic mass is 16.5. The standard InChI is InChI=1S/C19H29N3O3/c1-14(2)20-19(24)21-16-9-11-22(12-10-16)18(23)8-7-15-5-4-6-17(13-15)25-3/h4-6,13-14,16H,7-12H2,1-3H3,(H2,20,21,24). The van der Waals surface area contributed by atoms with E-state index >= 15 is 0 Å². The summed E-state index contributed by atoms with van der Waals surface area (Å²) in [5.74, 6) is 0.990. The van der Waals surface area contributed by atoms with E-state index in [9.17, 15) is 9.59 Å². The van der Waals surface area contributed by atoms with Crippen molar-refractivity contribution in [2.45, 2.75) is 51.6 Å². The van der Waals surface area contributed by atoms with Crippen LogP contribution >= 0.6 is 0 Å². The summed E-state index contributed by atoms with van der Waals surface area (Å²) in [6, 6.07) is 7.96. The average molecular weight is 347 g/mol. The molecule has 25 heavy (non-hydrogen) atoms. The van der Waals surface area contributed by atoms with Crippen molar-refractivity contribution in [1.29, 1.82) is 0 Å². The zero-order chi connectivity index (χ0) is 18.2. The van der Waals surface area contributed by atoms with Gasteiger partial charge in [-0.05, 0) is 50.8 Å². The Morgan fingerprint density at radius 3 is 2.64 bits per heavy atom. The van der Waals surface area contributed by atoms with Crippen LogP contribution in [-0.4, -0.2) is 49.1 Å². The van der Waals surface area contributed by atoms with E-state index < -0.39 is 0 Å². The van der Waals surface area contributed by atoms with Gasteiger partial charge >= 0.3 is 6.03 Å². The first-order chi connectivity index (χ1) is 12.0. The molecule has 1 aliphatic rings. The van der Waals surface area contributed by atoms with Crippen LogP contribution in [0.1, 0.15) is 38.7 Å². The Morgan fingerprint density at radius 2 is 2.00 bits per heavy atom. The number of carbonyl (C=O) groups excluding carboxylic acids is 2. The highest BCUT2D eigenvalue weighted by molar-refractivity contribution is 5.77. The summed E-state index contributed by atoms with van der Waals surface area (Å²) >= 11 is 0. The van der Waals surface area contributed by atoms with Gasteiger partial charge in [-0.15, -0.1) is 0 Å². The van der Waals surface area contributed by atoms with Crippen molar-refractivity contribution in [3.63, 3.8) is 0 Å². The first kappa shape index (κ1) is 19.1. The molecule has 3 amide bonds. The molecular weight excluding hydrogens is 318 g/mol. The van der Waals surface area contributed by atoms with Crippen LogP contribution in [0.5, 0.6) is 5.75 Å². The summed E-state index contributed by atoms with van der Waals surface area (Å²) in [6.07, 6.45) is 2.82. The van der Waals surface area contributed by atoms with Crippen LogP contribution in [-0.2, 0) is 11.2 Å². The molecule has 2 rings (SSSR count). The summed E-state index contributed by atoms with van der Waals surface area (Å²) < 4.78 is 5.21. The number of aryl methyl sites for hydroxylation is 1. The third-order valence-electron chi connectivity index (χ3n) is 4.36. The van der Waals surface area contributed by atoms with Gasteiger partial charge in [0.2, 0.25) is 5.91 Å². The van der Waals surface area contributed by atoms with Crippen molar-refractivity contribution in [2.24, 2.45) is 0 Å². The van der Waals surface area contributed by atoms with E-state index in [-0.39, 0.29) is 24.0 Å². The number of amides is 3. The number of benzene rings is 1. The third kappa shape index (κ3) is 6.29. The van der Waals surface area contributed by atoms with Crippen molar-refractivity contribution in [3.05, 3.63) is 29.8 Å². The number of ether oxygens (including phenoxy) is 1. The van der Waals surface area contributed by atoms with Gasteiger partial charge in [0.1, 0.15) is 5.75 Å². The van der Waals surface area contributed by atoms with Crippen molar-refractivity contribution >= 4 is 11.9 Å². The molecule has 1 aromatic rings. The van der Waals surface area contributed by atoms with E-state index in [1.54, 1.807) is 7.11 Å². The van der Waals surface area contributed by atoms with Gasteiger partial charge < -0.3 is 20.3 Å². The number of likely N-dealkylation sites (tertiary alicyclic amines) is 1. The quantitative estimate of drug-likeness (QED) is 0.830. The van der Waals surface area contributed by atoms with Crippen molar-refractivity contribution in [3.8, 4) is 5.75 Å². The average Bonchev–Trinajstić information content (AvgIpc) is 2.59. The normalized spacial score (nSPS) is 15.1. The van der Waals surface area contributed by atoms with Crippen molar-refractivity contribution < 1.29 is 14.3 Å². The molecule has 6 heteroatoms. The van der Waals surface area contributed by atoms with Crippen LogP contribution in [0.25, 0.3) is 0 Å². The molecule has 138 valence electrons. The molecule has 0 aliphatic carbocycles. The number of piperidine rings is 1. The zero-order valence-corrected chi connectivity index (χ0v) is 15.4. The van der Waals surface area contributed by atoms with Gasteiger partial charge in [0.25, 0.3) is 0 Å². The van der Waals surface area contributed by atoms with Gasteiger partial charge in [0, 0.05) is 31.6 Å². The van der Waals surface area contributed by atoms with Crippen LogP contribution in [0, 0.1) is 0 Å². The minimum Gasteiger partial charge on any atom is -0.497 e. The predicted molar refractivity (Wildman–Crippen MR) is 97.7 cm³/mol. The van der Waals surface area contributed by atoms with Gasteiger partial charge in [0.05, 0.1) is 7.11 Å². The number of nitrogens with one attached hydrogen (secondary N) is 2. The van der Waals surface area contributed by atoms with E-state index in [2.05, 4.69) is 10.6 Å². The van der Waals surface area contributed by atoms with Gasteiger partial charge in [0.15, 0.2) is 0 Å². The molecule has 2 N–H and O–H groups in total. The lowest BCUT2D eigenvalue weighted by molar-refractivity contribution is -0.132. The molecule has 0 atom stereocenters. The molecule has 1 heterocycles. The van der Waals surface area contributed by atoms with E-state index in [0.29, 0.717) is 25.9 Å². The molecule has 6 nitrogen and oxygen atoms in total. The van der Waals surface area contributed by atoms with Crippen LogP contribution < -0.4 is 15.4 Å². The molecule has 0 unspecified atom stereocenters. The number of hydrogen-bond donors (Lipinski definition) is 2. The topological polar surface area (TPSA) is 70.7 Å². The Bertz CT molecular complexity index is 581. The van der Waals surface area contributed by atoms with E-state index in [0.717, 1.165) is 24.2 Å². The molecule has 0 spiro atoms. The van der Waals surface area contributed by atoms with Gasteiger partial charge in [-0.1, -0.05) is 12.1 Å². The first-order valence-corrected chi connectivity index (χ1v) is 8.95. The summed E-state index contributed by atoms with van der Waals surface area (Å²) in [7, 11) is 1.64. The number of hydrogen-bond acceptors (Lipinski definition) is 3. The second-order valence-electron chi connectivity index (χ2n) is 6.78. The lowest BCUT2D eigenvalue weighted by Crippen LogP contribution is -2.50. The molecule has 0 aromatic heterocycles. The first-order valence-electron chi connectivity index (χ1n) is 8.95. The Hall–Kier alpha value is -2.24. The summed E-state index contributed by atoms with van der Waals surface area (Å²) in [4.78, 5) is 26.0. The fraction of sp³-hybridized carbons (Fsp3) is 0.579. The molecule has 1 aliphatic heterocycles. The minimum absolute atomic E-state index is 0.123. The Labute approximate surface area is 149 Å². The van der Waals surface area contributed by atoms with Crippen molar-refractivity contribution in [2.75, 3.05) is 20.2 Å². The number of methoxy groups -OCH3 is 1. The second-order valence-corrected chi connectivity index (χ2v) is 6.78. The summed E-state index contributed by atoms with van der Waals surface area (Å²) in [6.45, 7) is 5.26. The second kappa shape index (κ2) is 9.30. The van der Waals surface area contributed by atoms with Crippen LogP contribution in [0.3, 0.4) is 0 Å². The van der Waals surface area contributed by atoms with Gasteiger partial charge in [-0.3, -0.25) is 4.79 Å². The molecule has 1 aromatic carbocycles. The molecule has 0 bridgehead atoms. The van der Waals surface area contributed by atoms with Gasteiger partial charge in [-0.25, -0.2) is 4.79 Å². The SMILES string of the molecule is COc1cccc(CCC(=O)N2CCC(NC(=O)NC(C)C)CC2)c1. The summed E-state index contributed by atoms with van der Waals surface area (Å²) in [5.41, 5.74) is 1.11. The fourth-order valence-electron chi connectivity index (χ4n) is 3.00. The number of urea groups is 1. The van der Waals surface area contributed by atoms with Crippen LogP contribution in [0.15, 0.2) is 24.3 Å². The zero-order valence-electron chi connectivity index (χ0n) is 15.4. The number of carbonyl (C=O) groups is 2. The lowest BCUT2D eigenvalue weighted by Gasteiger charge is -2.32. The molecule has 0 saturated carbocycles. The highest BCUT2D eigenvalue weighted by Gasteiger charge is 2.23. The highest BCUT2D eigenvalue weighted by Crippen LogP contribution is 2.16. The lowest BCUT2D eigenvalue weighted by atomic mass is 10.0. The Balaban J connectivity index is 1.72. The molecule has 0 radical (unpaired) electrons. The van der Waals surface area contributed by atoms with E-state index in [4.69, 9.17) is 4.74 Å². The maximum Gasteiger partial charge on any atom is 0.315 e. The molecule has 1 fully saturated rings. The molecular formula is C19H29N3O3. The Kier molecular flexibility index (Phi) is 7.10. The van der Waals surface area contributed by atoms with E-state index in [1.165, 1.54) is 0 Å². The molecule has 1 saturated heterocycles. The third-order valence-corrected chi connectivity index (χ3v) is 4.36. The maximum atomic E-state index is 12.4. The number of nitrogens with zero attached hydrogens (tertiary/aromatic N) is 1. The monoisotopic (exact) mass is 347 g/mol. The summed E-state index contributed by atoms with van der Waals surface area (Å²) in [5, 5.41) is 5.81. The van der Waals surface area contributed by atoms with Crippen LogP contribution in [0.2, 0.25) is 0 Å². The van der Waals surface area contributed by atoms with E-state index in [1.807, 2.05) is 43.0 Å². The van der Waals surface area contributed by atoms with Gasteiger partial charge in [-0.2, -0.15) is 0 Å². The Morgan fingerprint density at radius 1 is 1.28 bits per heavy atom. The maximum absolute atomic E-state index is 12.4. The fourth-order valence-corrected chi connectivity index (χ4v) is 3.00. The minimum atomic E-state index is -0.127. The van der Waals surface area contributed by atoms with Crippen LogP contribution in [0.4, 0.5) is 4.79 Å². The predicted octanol–water partition coefficient (Wildman–Crippen LogP) is 2.33. The largest absolute Gasteiger partial charge is 0.497 e. The van der Waals surface area contributed by atoms with Crippen molar-refractivity contribution in [1.82, 2.24) is 15.5 Å².